The van der Waals surface area contributed by atoms with E-state index in [1.165, 1.54) is 0 Å². The molecule has 0 unspecified atom stereocenters. The molecule has 1 aliphatic rings. The molecule has 0 aromatic carbocycles. The first-order valence-corrected chi connectivity index (χ1v) is 5.41. The minimum Gasteiger partial charge on any atom is -0.388 e. The minimum absolute atomic E-state index is 0.0434. The number of hydrogen-bond donors (Lipinski definition) is 1. The average molecular weight is 207 g/mol. The number of aryl methyl sites for hydroxylation is 2. The zero-order valence-electron chi connectivity index (χ0n) is 9.29. The fourth-order valence-corrected chi connectivity index (χ4v) is 2.17. The van der Waals surface area contributed by atoms with Gasteiger partial charge in [0.1, 0.15) is 0 Å². The van der Waals surface area contributed by atoms with E-state index in [0.29, 0.717) is 6.54 Å². The third-order valence-electron chi connectivity index (χ3n) is 3.29. The maximum atomic E-state index is 11.2. The molecule has 1 fully saturated rings. The molecular formula is C12H17NO2. The molecule has 0 bridgehead atoms. The van der Waals surface area contributed by atoms with Gasteiger partial charge in [-0.25, -0.2) is 0 Å². The summed E-state index contributed by atoms with van der Waals surface area (Å²) < 4.78 is 2.03. The molecule has 1 aromatic heterocycles. The fourth-order valence-electron chi connectivity index (χ4n) is 2.17. The first kappa shape index (κ1) is 10.4. The van der Waals surface area contributed by atoms with Crippen LogP contribution in [0.1, 0.15) is 30.7 Å². The summed E-state index contributed by atoms with van der Waals surface area (Å²) in [5.74, 6) is 0. The highest BCUT2D eigenvalue weighted by Crippen LogP contribution is 2.33. The highest BCUT2D eigenvalue weighted by atomic mass is 16.3. The van der Waals surface area contributed by atoms with Gasteiger partial charge in [0.2, 0.25) is 0 Å². The number of rotatable bonds is 2. The van der Waals surface area contributed by atoms with Gasteiger partial charge in [0, 0.05) is 23.5 Å². The van der Waals surface area contributed by atoms with Crippen molar-refractivity contribution in [3.63, 3.8) is 0 Å². The lowest BCUT2D eigenvalue weighted by molar-refractivity contribution is -0.0481. The fraction of sp³-hybridized carbons (Fsp3) is 0.583. The zero-order valence-corrected chi connectivity index (χ0v) is 9.29. The summed E-state index contributed by atoms with van der Waals surface area (Å²) in [6.07, 6.45) is 2.85. The molecule has 15 heavy (non-hydrogen) atoms. The summed E-state index contributed by atoms with van der Waals surface area (Å²) in [6, 6.07) is 3.24. The number of aliphatic hydroxyl groups is 1. The summed E-state index contributed by atoms with van der Waals surface area (Å²) in [7, 11) is 0. The molecule has 1 heterocycles. The van der Waals surface area contributed by atoms with Crippen molar-refractivity contribution in [2.75, 3.05) is 0 Å². The van der Waals surface area contributed by atoms with Gasteiger partial charge in [-0.3, -0.25) is 4.79 Å². The van der Waals surface area contributed by atoms with Gasteiger partial charge in [-0.2, -0.15) is 0 Å². The second-order valence-electron chi connectivity index (χ2n) is 4.64. The topological polar surface area (TPSA) is 42.2 Å². The van der Waals surface area contributed by atoms with E-state index in [2.05, 4.69) is 0 Å². The summed E-state index contributed by atoms with van der Waals surface area (Å²) in [6.45, 7) is 4.44. The van der Waals surface area contributed by atoms with Crippen LogP contribution >= 0.6 is 0 Å². The Bertz CT molecular complexity index is 403. The van der Waals surface area contributed by atoms with Crippen LogP contribution in [0.4, 0.5) is 0 Å². The quantitative estimate of drug-likeness (QED) is 0.796. The van der Waals surface area contributed by atoms with Gasteiger partial charge in [0.25, 0.3) is 0 Å². The van der Waals surface area contributed by atoms with E-state index >= 15 is 0 Å². The van der Waals surface area contributed by atoms with E-state index in [9.17, 15) is 9.90 Å². The number of nitrogens with zero attached hydrogens (tertiary/aromatic N) is 1. The highest BCUT2D eigenvalue weighted by Gasteiger charge is 2.34. The lowest BCUT2D eigenvalue weighted by atomic mass is 9.80. The highest BCUT2D eigenvalue weighted by molar-refractivity contribution is 5.13. The van der Waals surface area contributed by atoms with Crippen molar-refractivity contribution in [2.24, 2.45) is 0 Å². The minimum atomic E-state index is -0.537. The lowest BCUT2D eigenvalue weighted by Crippen LogP contribution is -2.42. The Hall–Kier alpha value is -1.09. The third kappa shape index (κ3) is 1.97. The molecule has 3 nitrogen and oxygen atoms in total. The van der Waals surface area contributed by atoms with E-state index in [4.69, 9.17) is 0 Å². The Morgan fingerprint density at radius 1 is 1.33 bits per heavy atom. The second kappa shape index (κ2) is 3.49. The normalized spacial score (nSPS) is 18.6. The lowest BCUT2D eigenvalue weighted by Gasteiger charge is -2.38. The Morgan fingerprint density at radius 2 is 1.87 bits per heavy atom. The third-order valence-corrected chi connectivity index (χ3v) is 3.29. The van der Waals surface area contributed by atoms with Crippen LogP contribution in [-0.2, 0) is 6.54 Å². The van der Waals surface area contributed by atoms with Gasteiger partial charge in [-0.05, 0) is 33.1 Å². The van der Waals surface area contributed by atoms with Crippen LogP contribution in [0.25, 0.3) is 0 Å². The second-order valence-corrected chi connectivity index (χ2v) is 4.64. The maximum Gasteiger partial charge on any atom is 0.182 e. The Kier molecular flexibility index (Phi) is 2.43. The van der Waals surface area contributed by atoms with Crippen molar-refractivity contribution in [2.45, 2.75) is 45.3 Å². The Labute approximate surface area is 89.4 Å². The standard InChI is InChI=1S/C12H17NO2/c1-9-6-11(14)7-10(2)13(9)8-12(15)4-3-5-12/h6-7,15H,3-5,8H2,1-2H3. The number of hydrogen-bond acceptors (Lipinski definition) is 2. The largest absolute Gasteiger partial charge is 0.388 e. The summed E-state index contributed by atoms with van der Waals surface area (Å²) in [5.41, 5.74) is 1.37. The summed E-state index contributed by atoms with van der Waals surface area (Å²) in [4.78, 5) is 11.2. The van der Waals surface area contributed by atoms with Gasteiger partial charge in [0.15, 0.2) is 5.43 Å². The predicted molar refractivity (Wildman–Crippen MR) is 59.0 cm³/mol. The van der Waals surface area contributed by atoms with Gasteiger partial charge < -0.3 is 9.67 Å². The predicted octanol–water partition coefficient (Wildman–Crippen LogP) is 1.38. The molecule has 3 heteroatoms. The summed E-state index contributed by atoms with van der Waals surface area (Å²) in [5, 5.41) is 10.1. The molecule has 0 amide bonds. The zero-order chi connectivity index (χ0) is 11.1. The van der Waals surface area contributed by atoms with Crippen molar-refractivity contribution in [3.05, 3.63) is 33.7 Å². The SMILES string of the molecule is Cc1cc(=O)cc(C)n1CC1(O)CCC1. The molecule has 0 atom stereocenters. The van der Waals surface area contributed by atoms with Gasteiger partial charge >= 0.3 is 0 Å². The van der Waals surface area contributed by atoms with Crippen molar-refractivity contribution in [3.8, 4) is 0 Å². The van der Waals surface area contributed by atoms with Crippen LogP contribution in [0.3, 0.4) is 0 Å². The van der Waals surface area contributed by atoms with Crippen LogP contribution in [-0.4, -0.2) is 15.3 Å². The van der Waals surface area contributed by atoms with Crippen LogP contribution in [0.15, 0.2) is 16.9 Å². The molecule has 1 aliphatic carbocycles. The number of aromatic nitrogens is 1. The van der Waals surface area contributed by atoms with E-state index in [1.807, 2.05) is 18.4 Å². The first-order chi connectivity index (χ1) is 7.00. The molecule has 0 aliphatic heterocycles. The molecule has 0 radical (unpaired) electrons. The van der Waals surface area contributed by atoms with Gasteiger partial charge in [0.05, 0.1) is 12.1 Å². The van der Waals surface area contributed by atoms with Crippen molar-refractivity contribution < 1.29 is 5.11 Å². The van der Waals surface area contributed by atoms with Gasteiger partial charge in [-0.1, -0.05) is 0 Å². The smallest absolute Gasteiger partial charge is 0.182 e. The maximum absolute atomic E-state index is 11.2. The van der Waals surface area contributed by atoms with Crippen LogP contribution in [0, 0.1) is 13.8 Å². The van der Waals surface area contributed by atoms with Crippen LogP contribution in [0.5, 0.6) is 0 Å². The van der Waals surface area contributed by atoms with Crippen molar-refractivity contribution in [1.82, 2.24) is 4.57 Å². The molecule has 2 rings (SSSR count). The monoisotopic (exact) mass is 207 g/mol. The van der Waals surface area contributed by atoms with E-state index in [-0.39, 0.29) is 5.43 Å². The van der Waals surface area contributed by atoms with Gasteiger partial charge in [-0.15, -0.1) is 0 Å². The van der Waals surface area contributed by atoms with E-state index in [0.717, 1.165) is 30.7 Å². The Balaban J connectivity index is 2.32. The van der Waals surface area contributed by atoms with Crippen molar-refractivity contribution in [1.29, 1.82) is 0 Å². The summed E-state index contributed by atoms with van der Waals surface area (Å²) >= 11 is 0. The molecule has 1 saturated carbocycles. The van der Waals surface area contributed by atoms with Crippen LogP contribution < -0.4 is 5.43 Å². The van der Waals surface area contributed by atoms with E-state index < -0.39 is 5.60 Å². The van der Waals surface area contributed by atoms with Crippen LogP contribution in [0.2, 0.25) is 0 Å². The molecule has 1 N–H and O–H groups in total. The molecule has 0 saturated heterocycles. The molecule has 1 aromatic rings. The molecule has 82 valence electrons. The van der Waals surface area contributed by atoms with Crippen molar-refractivity contribution >= 4 is 0 Å². The Morgan fingerprint density at radius 3 is 2.27 bits per heavy atom. The number of pyridine rings is 1. The van der Waals surface area contributed by atoms with E-state index in [1.54, 1.807) is 12.1 Å². The first-order valence-electron chi connectivity index (χ1n) is 5.41. The average Bonchev–Trinajstić information content (AvgIpc) is 2.08. The molecule has 0 spiro atoms. The molecular weight excluding hydrogens is 190 g/mol.